The van der Waals surface area contributed by atoms with Crippen LogP contribution in [0.2, 0.25) is 0 Å². The number of hydrogen-bond donors (Lipinski definition) is 3. The van der Waals surface area contributed by atoms with E-state index in [9.17, 15) is 0 Å². The van der Waals surface area contributed by atoms with Gasteiger partial charge in [-0.3, -0.25) is 0 Å². The Morgan fingerprint density at radius 2 is 1.92 bits per heavy atom. The number of hydrogen-bond acceptors (Lipinski definition) is 4. The lowest BCUT2D eigenvalue weighted by Gasteiger charge is -2.11. The minimum atomic E-state index is 0.591. The number of ether oxygens (including phenoxy) is 1. The van der Waals surface area contributed by atoms with Gasteiger partial charge in [0.2, 0.25) is 0 Å². The number of benzene rings is 2. The van der Waals surface area contributed by atoms with E-state index in [-0.39, 0.29) is 0 Å². The fraction of sp³-hybridized carbons (Fsp3) is 0.143. The molecule has 25 heavy (non-hydrogen) atoms. The first-order valence-corrected chi connectivity index (χ1v) is 8.63. The maximum absolute atomic E-state index is 5.82. The van der Waals surface area contributed by atoms with Gasteiger partial charge in [0.15, 0.2) is 0 Å². The van der Waals surface area contributed by atoms with E-state index in [0.29, 0.717) is 12.3 Å². The molecule has 0 aliphatic rings. The molecule has 2 aromatic rings. The standard InChI is InChI=1S/C21H24N2OS/c1-2-3-5-10-20(14-22)24-19-11-12-21(25)18(13-19)16-23-15-17-8-6-4-7-9-17/h2-14,23,25H,15-16,22H2,1H3/b3-2+,10-5-,20-14+. The Morgan fingerprint density at radius 3 is 2.64 bits per heavy atom. The summed E-state index contributed by atoms with van der Waals surface area (Å²) in [6.45, 7) is 3.47. The average molecular weight is 353 g/mol. The average Bonchev–Trinajstić information content (AvgIpc) is 2.64. The van der Waals surface area contributed by atoms with Crippen molar-refractivity contribution >= 4 is 12.6 Å². The second-order valence-corrected chi connectivity index (χ2v) is 5.92. The Hall–Kier alpha value is -2.43. The molecule has 0 saturated carbocycles. The molecule has 0 amide bonds. The van der Waals surface area contributed by atoms with Crippen LogP contribution in [0.1, 0.15) is 18.1 Å². The van der Waals surface area contributed by atoms with Gasteiger partial charge in [0, 0.05) is 24.2 Å². The molecule has 0 heterocycles. The van der Waals surface area contributed by atoms with Gasteiger partial charge in [0.05, 0.1) is 0 Å². The maximum Gasteiger partial charge on any atom is 0.142 e. The van der Waals surface area contributed by atoms with E-state index in [4.69, 9.17) is 10.5 Å². The summed E-state index contributed by atoms with van der Waals surface area (Å²) in [5.41, 5.74) is 7.95. The molecular weight excluding hydrogens is 328 g/mol. The van der Waals surface area contributed by atoms with Gasteiger partial charge in [0.25, 0.3) is 0 Å². The quantitative estimate of drug-likeness (QED) is 0.370. The van der Waals surface area contributed by atoms with Crippen LogP contribution in [0.3, 0.4) is 0 Å². The van der Waals surface area contributed by atoms with Crippen molar-refractivity contribution in [1.82, 2.24) is 5.32 Å². The molecule has 0 aliphatic heterocycles. The lowest BCUT2D eigenvalue weighted by Crippen LogP contribution is -2.13. The summed E-state index contributed by atoms with van der Waals surface area (Å²) in [5.74, 6) is 1.32. The van der Waals surface area contributed by atoms with E-state index in [1.165, 1.54) is 11.8 Å². The van der Waals surface area contributed by atoms with Crippen molar-refractivity contribution in [3.63, 3.8) is 0 Å². The van der Waals surface area contributed by atoms with Crippen LogP contribution in [0.4, 0.5) is 0 Å². The molecule has 0 radical (unpaired) electrons. The lowest BCUT2D eigenvalue weighted by atomic mass is 10.2. The molecule has 4 heteroatoms. The second kappa shape index (κ2) is 10.4. The molecule has 0 spiro atoms. The highest BCUT2D eigenvalue weighted by molar-refractivity contribution is 7.80. The number of thiol groups is 1. The highest BCUT2D eigenvalue weighted by Crippen LogP contribution is 2.22. The zero-order valence-electron chi connectivity index (χ0n) is 14.4. The maximum atomic E-state index is 5.82. The van der Waals surface area contributed by atoms with Crippen molar-refractivity contribution in [2.75, 3.05) is 0 Å². The molecule has 130 valence electrons. The van der Waals surface area contributed by atoms with Gasteiger partial charge in [-0.25, -0.2) is 0 Å². The third kappa shape index (κ3) is 6.53. The zero-order valence-corrected chi connectivity index (χ0v) is 15.2. The third-order valence-electron chi connectivity index (χ3n) is 3.50. The van der Waals surface area contributed by atoms with E-state index >= 15 is 0 Å². The molecule has 0 saturated heterocycles. The van der Waals surface area contributed by atoms with Gasteiger partial charge in [-0.15, -0.1) is 12.6 Å². The van der Waals surface area contributed by atoms with Crippen LogP contribution in [-0.2, 0) is 13.1 Å². The smallest absolute Gasteiger partial charge is 0.142 e. The van der Waals surface area contributed by atoms with Gasteiger partial charge < -0.3 is 15.8 Å². The summed E-state index contributed by atoms with van der Waals surface area (Å²) in [6.07, 6.45) is 9.01. The van der Waals surface area contributed by atoms with Crippen molar-refractivity contribution in [3.05, 3.63) is 95.9 Å². The summed E-state index contributed by atoms with van der Waals surface area (Å²) in [6, 6.07) is 16.1. The topological polar surface area (TPSA) is 47.3 Å². The first-order chi connectivity index (χ1) is 12.2. The Kier molecular flexibility index (Phi) is 7.89. The predicted molar refractivity (Wildman–Crippen MR) is 108 cm³/mol. The molecule has 2 aromatic carbocycles. The van der Waals surface area contributed by atoms with Gasteiger partial charge in [-0.05, 0) is 42.3 Å². The van der Waals surface area contributed by atoms with E-state index in [2.05, 4.69) is 30.1 Å². The highest BCUT2D eigenvalue weighted by Gasteiger charge is 2.04. The zero-order chi connectivity index (χ0) is 17.9. The molecule has 0 unspecified atom stereocenters. The predicted octanol–water partition coefficient (Wildman–Crippen LogP) is 4.58. The van der Waals surface area contributed by atoms with E-state index in [1.54, 1.807) is 0 Å². The molecule has 0 bridgehead atoms. The third-order valence-corrected chi connectivity index (χ3v) is 3.94. The van der Waals surface area contributed by atoms with Crippen LogP contribution in [0.15, 0.2) is 89.7 Å². The number of nitrogens with one attached hydrogen (secondary N) is 1. The first-order valence-electron chi connectivity index (χ1n) is 8.18. The van der Waals surface area contributed by atoms with E-state index < -0.39 is 0 Å². The number of rotatable bonds is 8. The largest absolute Gasteiger partial charge is 0.456 e. The van der Waals surface area contributed by atoms with Gasteiger partial charge in [-0.2, -0.15) is 0 Å². The minimum Gasteiger partial charge on any atom is -0.456 e. The van der Waals surface area contributed by atoms with Crippen molar-refractivity contribution in [2.24, 2.45) is 5.73 Å². The van der Waals surface area contributed by atoms with Crippen molar-refractivity contribution in [3.8, 4) is 5.75 Å². The normalized spacial score (nSPS) is 12.2. The summed E-state index contributed by atoms with van der Waals surface area (Å²) in [7, 11) is 0. The molecular formula is C21H24N2OS. The van der Waals surface area contributed by atoms with Crippen LogP contribution >= 0.6 is 12.6 Å². The molecule has 0 aliphatic carbocycles. The van der Waals surface area contributed by atoms with Crippen LogP contribution in [0.5, 0.6) is 5.75 Å². The molecule has 2 rings (SSSR count). The Bertz CT molecular complexity index is 752. The van der Waals surface area contributed by atoms with E-state index in [0.717, 1.165) is 22.8 Å². The van der Waals surface area contributed by atoms with Crippen LogP contribution in [0, 0.1) is 0 Å². The summed E-state index contributed by atoms with van der Waals surface area (Å²) < 4.78 is 5.82. The van der Waals surface area contributed by atoms with Crippen molar-refractivity contribution < 1.29 is 4.74 Å². The molecule has 3 N–H and O–H groups in total. The highest BCUT2D eigenvalue weighted by atomic mass is 32.1. The van der Waals surface area contributed by atoms with Crippen molar-refractivity contribution in [1.29, 1.82) is 0 Å². The Morgan fingerprint density at radius 1 is 1.12 bits per heavy atom. The fourth-order valence-corrected chi connectivity index (χ4v) is 2.44. The van der Waals surface area contributed by atoms with E-state index in [1.807, 2.05) is 67.6 Å². The molecule has 0 atom stereocenters. The summed E-state index contributed by atoms with van der Waals surface area (Å²) in [4.78, 5) is 0.927. The Balaban J connectivity index is 1.99. The second-order valence-electron chi connectivity index (χ2n) is 5.44. The minimum absolute atomic E-state index is 0.591. The van der Waals surface area contributed by atoms with Gasteiger partial charge in [-0.1, -0.05) is 48.6 Å². The SMILES string of the molecule is C/C=C/C=C\C(=C/N)Oc1ccc(S)c(CNCc2ccccc2)c1. The molecule has 3 nitrogen and oxygen atoms in total. The van der Waals surface area contributed by atoms with Crippen LogP contribution < -0.4 is 15.8 Å². The van der Waals surface area contributed by atoms with Gasteiger partial charge in [0.1, 0.15) is 11.5 Å². The number of allylic oxidation sites excluding steroid dienone is 4. The fourth-order valence-electron chi connectivity index (χ4n) is 2.23. The Labute approximate surface area is 155 Å². The van der Waals surface area contributed by atoms with Crippen molar-refractivity contribution in [2.45, 2.75) is 24.9 Å². The van der Waals surface area contributed by atoms with Crippen LogP contribution in [-0.4, -0.2) is 0 Å². The first kappa shape index (κ1) is 18.9. The van der Waals surface area contributed by atoms with Crippen LogP contribution in [0.25, 0.3) is 0 Å². The molecule has 0 aromatic heterocycles. The number of nitrogens with two attached hydrogens (primary N) is 1. The monoisotopic (exact) mass is 352 g/mol. The lowest BCUT2D eigenvalue weighted by molar-refractivity contribution is 0.441. The summed E-state index contributed by atoms with van der Waals surface area (Å²) in [5, 5.41) is 3.43. The van der Waals surface area contributed by atoms with Gasteiger partial charge >= 0.3 is 0 Å². The summed E-state index contributed by atoms with van der Waals surface area (Å²) >= 11 is 4.53. The molecule has 0 fully saturated rings.